The number of fused-ring (bicyclic) bond motifs is 1. The van der Waals surface area contributed by atoms with Gasteiger partial charge in [-0.15, -0.1) is 0 Å². The minimum atomic E-state index is -0.192. The Morgan fingerprint density at radius 3 is 2.41 bits per heavy atom. The number of carbonyl (C=O) groups excluding carboxylic acids is 1. The van der Waals surface area contributed by atoms with Crippen LogP contribution < -0.4 is 14.8 Å². The molecule has 150 valence electrons. The second kappa shape index (κ2) is 8.97. The second-order valence-corrected chi connectivity index (χ2v) is 7.49. The fourth-order valence-corrected chi connectivity index (χ4v) is 3.52. The molecule has 0 unspecified atom stereocenters. The predicted octanol–water partition coefficient (Wildman–Crippen LogP) is 4.33. The van der Waals surface area contributed by atoms with Gasteiger partial charge in [0.2, 0.25) is 0 Å². The number of rotatable bonds is 6. The molecule has 1 N–H and O–H groups in total. The van der Waals surface area contributed by atoms with Gasteiger partial charge in [0.1, 0.15) is 17.6 Å². The molecule has 0 bridgehead atoms. The van der Waals surface area contributed by atoms with Crippen molar-refractivity contribution in [2.24, 2.45) is 0 Å². The number of anilines is 1. The molecule has 1 aliphatic heterocycles. The maximum atomic E-state index is 12.2. The number of ether oxygens (including phenoxy) is 2. The molecule has 4 rings (SSSR count). The second-order valence-electron chi connectivity index (χ2n) is 7.49. The summed E-state index contributed by atoms with van der Waals surface area (Å²) in [6.45, 7) is 2.10. The van der Waals surface area contributed by atoms with Crippen molar-refractivity contribution in [3.63, 3.8) is 0 Å². The van der Waals surface area contributed by atoms with Crippen LogP contribution in [0.1, 0.15) is 12.8 Å². The monoisotopic (exact) mass is 390 g/mol. The van der Waals surface area contributed by atoms with Crippen molar-refractivity contribution in [3.8, 4) is 11.5 Å². The molecule has 0 spiro atoms. The third-order valence-electron chi connectivity index (χ3n) is 5.20. The summed E-state index contributed by atoms with van der Waals surface area (Å²) in [5, 5.41) is 5.09. The van der Waals surface area contributed by atoms with Crippen LogP contribution in [0, 0.1) is 0 Å². The van der Waals surface area contributed by atoms with Gasteiger partial charge in [0.15, 0.2) is 6.61 Å². The highest BCUT2D eigenvalue weighted by molar-refractivity contribution is 5.92. The van der Waals surface area contributed by atoms with Gasteiger partial charge in [-0.25, -0.2) is 0 Å². The summed E-state index contributed by atoms with van der Waals surface area (Å²) in [4.78, 5) is 14.5. The number of nitrogens with zero attached hydrogens (tertiary/aromatic N) is 1. The number of hydrogen-bond donors (Lipinski definition) is 1. The Hall–Kier alpha value is -3.05. The Morgan fingerprint density at radius 2 is 1.66 bits per heavy atom. The number of likely N-dealkylation sites (tertiary alicyclic amines) is 1. The molecule has 0 aliphatic carbocycles. The van der Waals surface area contributed by atoms with Crippen molar-refractivity contribution in [1.29, 1.82) is 0 Å². The highest BCUT2D eigenvalue weighted by Crippen LogP contribution is 2.22. The zero-order valence-electron chi connectivity index (χ0n) is 16.6. The van der Waals surface area contributed by atoms with E-state index in [9.17, 15) is 4.79 Å². The summed E-state index contributed by atoms with van der Waals surface area (Å²) in [5.74, 6) is 1.33. The maximum absolute atomic E-state index is 12.2. The average Bonchev–Trinajstić information content (AvgIpc) is 2.75. The molecule has 5 heteroatoms. The Kier molecular flexibility index (Phi) is 5.96. The lowest BCUT2D eigenvalue weighted by molar-refractivity contribution is -0.118. The molecule has 0 radical (unpaired) electrons. The van der Waals surface area contributed by atoms with Crippen molar-refractivity contribution < 1.29 is 14.3 Å². The molecule has 5 nitrogen and oxygen atoms in total. The summed E-state index contributed by atoms with van der Waals surface area (Å²) in [6.07, 6.45) is 2.35. The lowest BCUT2D eigenvalue weighted by atomic mass is 10.1. The lowest BCUT2D eigenvalue weighted by Crippen LogP contribution is -2.35. The van der Waals surface area contributed by atoms with E-state index in [-0.39, 0.29) is 18.6 Å². The fourth-order valence-electron chi connectivity index (χ4n) is 3.52. The Labute approximate surface area is 171 Å². The van der Waals surface area contributed by atoms with Crippen LogP contribution in [0.3, 0.4) is 0 Å². The number of piperidine rings is 1. The summed E-state index contributed by atoms with van der Waals surface area (Å²) in [7, 11) is 2.14. The molecule has 29 heavy (non-hydrogen) atoms. The smallest absolute Gasteiger partial charge is 0.262 e. The first-order valence-electron chi connectivity index (χ1n) is 10.0. The molecule has 1 fully saturated rings. The number of hydrogen-bond acceptors (Lipinski definition) is 4. The minimum Gasteiger partial charge on any atom is -0.490 e. The molecular formula is C24H26N2O3. The van der Waals surface area contributed by atoms with Crippen LogP contribution in [0.4, 0.5) is 5.69 Å². The van der Waals surface area contributed by atoms with Crippen LogP contribution in [0.15, 0.2) is 66.7 Å². The van der Waals surface area contributed by atoms with Gasteiger partial charge >= 0.3 is 0 Å². The largest absolute Gasteiger partial charge is 0.490 e. The summed E-state index contributed by atoms with van der Waals surface area (Å²) in [5.41, 5.74) is 0.729. The minimum absolute atomic E-state index is 0.0355. The molecular weight excluding hydrogens is 364 g/mol. The van der Waals surface area contributed by atoms with Crippen molar-refractivity contribution >= 4 is 22.4 Å². The molecule has 0 aromatic heterocycles. The topological polar surface area (TPSA) is 50.8 Å². The van der Waals surface area contributed by atoms with E-state index in [1.165, 1.54) is 0 Å². The highest BCUT2D eigenvalue weighted by atomic mass is 16.5. The number of nitrogens with one attached hydrogen (secondary N) is 1. The molecule has 1 aliphatic rings. The third-order valence-corrected chi connectivity index (χ3v) is 5.20. The van der Waals surface area contributed by atoms with Crippen LogP contribution in [0.25, 0.3) is 10.8 Å². The Bertz CT molecular complexity index is 963. The number of carbonyl (C=O) groups is 1. The van der Waals surface area contributed by atoms with Gasteiger partial charge in [0.25, 0.3) is 5.91 Å². The molecule has 1 amide bonds. The van der Waals surface area contributed by atoms with E-state index >= 15 is 0 Å². The van der Waals surface area contributed by atoms with E-state index in [4.69, 9.17) is 9.47 Å². The zero-order chi connectivity index (χ0) is 20.1. The molecule has 0 saturated carbocycles. The van der Waals surface area contributed by atoms with Crippen molar-refractivity contribution in [3.05, 3.63) is 66.7 Å². The SMILES string of the molecule is CN1CCC(Oc2ccc(NC(=O)COc3ccc4ccccc4c3)cc2)CC1. The van der Waals surface area contributed by atoms with Crippen molar-refractivity contribution in [2.75, 3.05) is 32.1 Å². The average molecular weight is 390 g/mol. The van der Waals surface area contributed by atoms with Gasteiger partial charge < -0.3 is 19.7 Å². The summed E-state index contributed by atoms with van der Waals surface area (Å²) < 4.78 is 11.7. The Morgan fingerprint density at radius 1 is 0.966 bits per heavy atom. The molecule has 3 aromatic rings. The highest BCUT2D eigenvalue weighted by Gasteiger charge is 2.17. The van der Waals surface area contributed by atoms with Gasteiger partial charge in [-0.05, 0) is 67.1 Å². The van der Waals surface area contributed by atoms with E-state index in [1.54, 1.807) is 0 Å². The van der Waals surface area contributed by atoms with E-state index in [0.29, 0.717) is 5.75 Å². The van der Waals surface area contributed by atoms with Crippen LogP contribution in [0.5, 0.6) is 11.5 Å². The predicted molar refractivity (Wildman–Crippen MR) is 116 cm³/mol. The maximum Gasteiger partial charge on any atom is 0.262 e. The lowest BCUT2D eigenvalue weighted by Gasteiger charge is -2.29. The summed E-state index contributed by atoms with van der Waals surface area (Å²) in [6, 6.07) is 21.4. The molecule has 3 aromatic carbocycles. The van der Waals surface area contributed by atoms with E-state index < -0.39 is 0 Å². The van der Waals surface area contributed by atoms with Crippen molar-refractivity contribution in [1.82, 2.24) is 4.90 Å². The van der Waals surface area contributed by atoms with Crippen molar-refractivity contribution in [2.45, 2.75) is 18.9 Å². The first-order chi connectivity index (χ1) is 14.2. The normalized spacial score (nSPS) is 15.2. The van der Waals surface area contributed by atoms with Crippen LogP contribution in [-0.4, -0.2) is 43.7 Å². The van der Waals surface area contributed by atoms with Gasteiger partial charge in [-0.2, -0.15) is 0 Å². The first-order valence-corrected chi connectivity index (χ1v) is 10.0. The third kappa shape index (κ3) is 5.27. The molecule has 0 atom stereocenters. The first kappa shape index (κ1) is 19.3. The number of amides is 1. The molecule has 1 heterocycles. The zero-order valence-corrected chi connectivity index (χ0v) is 16.6. The van der Waals surface area contributed by atoms with Gasteiger partial charge in [0, 0.05) is 18.8 Å². The van der Waals surface area contributed by atoms with Gasteiger partial charge in [-0.3, -0.25) is 4.79 Å². The van der Waals surface area contributed by atoms with Crippen LogP contribution in [0.2, 0.25) is 0 Å². The van der Waals surface area contributed by atoms with Gasteiger partial charge in [0.05, 0.1) is 0 Å². The van der Waals surface area contributed by atoms with Crippen LogP contribution >= 0.6 is 0 Å². The fraction of sp³-hybridized carbons (Fsp3) is 0.292. The Balaban J connectivity index is 1.26. The van der Waals surface area contributed by atoms with E-state index in [1.807, 2.05) is 66.7 Å². The quantitative estimate of drug-likeness (QED) is 0.681. The standard InChI is InChI=1S/C24H26N2O3/c1-26-14-12-22(13-15-26)29-21-10-7-20(8-11-21)25-24(27)17-28-23-9-6-18-4-2-3-5-19(18)16-23/h2-11,16,22H,12-15,17H2,1H3,(H,25,27). The molecule has 1 saturated heterocycles. The summed E-state index contributed by atoms with van der Waals surface area (Å²) >= 11 is 0. The van der Waals surface area contributed by atoms with Gasteiger partial charge in [-0.1, -0.05) is 30.3 Å². The number of benzene rings is 3. The van der Waals surface area contributed by atoms with E-state index in [2.05, 4.69) is 17.3 Å². The van der Waals surface area contributed by atoms with E-state index in [0.717, 1.165) is 48.1 Å². The van der Waals surface area contributed by atoms with Crippen LogP contribution in [-0.2, 0) is 4.79 Å².